The van der Waals surface area contributed by atoms with E-state index in [1.54, 1.807) is 18.2 Å². The van der Waals surface area contributed by atoms with Gasteiger partial charge in [-0.2, -0.15) is 0 Å². The maximum absolute atomic E-state index is 12.2. The van der Waals surface area contributed by atoms with Gasteiger partial charge >= 0.3 is 6.03 Å². The Bertz CT molecular complexity index is 1110. The number of nitrogens with one attached hydrogen (secondary N) is 2. The Balaban J connectivity index is 1.32. The third-order valence-electron chi connectivity index (χ3n) is 4.44. The summed E-state index contributed by atoms with van der Waals surface area (Å²) in [5.41, 5.74) is 2.56. The SMILES string of the molecule is Cc1ccccc1-c1nnc(SCC(=O)NC(=O)Nc2ccc3c(c2)OCO3)n1C. The van der Waals surface area contributed by atoms with Crippen molar-refractivity contribution >= 4 is 29.4 Å². The van der Waals surface area contributed by atoms with Crippen molar-refractivity contribution in [3.63, 3.8) is 0 Å². The van der Waals surface area contributed by atoms with Crippen molar-refractivity contribution in [3.05, 3.63) is 48.0 Å². The van der Waals surface area contributed by atoms with Crippen LogP contribution in [0.15, 0.2) is 47.6 Å². The summed E-state index contributed by atoms with van der Waals surface area (Å²) in [6.45, 7) is 2.15. The molecule has 0 saturated heterocycles. The molecule has 0 bridgehead atoms. The third-order valence-corrected chi connectivity index (χ3v) is 5.46. The van der Waals surface area contributed by atoms with Gasteiger partial charge in [0.25, 0.3) is 0 Å². The maximum Gasteiger partial charge on any atom is 0.325 e. The smallest absolute Gasteiger partial charge is 0.325 e. The molecule has 1 aliphatic rings. The molecule has 0 saturated carbocycles. The molecule has 2 heterocycles. The zero-order valence-corrected chi connectivity index (χ0v) is 17.2. The quantitative estimate of drug-likeness (QED) is 0.605. The fourth-order valence-corrected chi connectivity index (χ4v) is 3.64. The number of imide groups is 1. The molecule has 0 atom stereocenters. The van der Waals surface area contributed by atoms with E-state index in [0.717, 1.165) is 17.0 Å². The third kappa shape index (κ3) is 4.23. The van der Waals surface area contributed by atoms with Gasteiger partial charge in [-0.25, -0.2) is 4.79 Å². The van der Waals surface area contributed by atoms with E-state index >= 15 is 0 Å². The summed E-state index contributed by atoms with van der Waals surface area (Å²) in [5, 5.41) is 13.9. The van der Waals surface area contributed by atoms with Crippen molar-refractivity contribution < 1.29 is 19.1 Å². The number of carbonyl (C=O) groups is 2. The number of fused-ring (bicyclic) bond motifs is 1. The summed E-state index contributed by atoms with van der Waals surface area (Å²) >= 11 is 1.20. The van der Waals surface area contributed by atoms with Gasteiger partial charge in [-0.3, -0.25) is 10.1 Å². The number of benzene rings is 2. The van der Waals surface area contributed by atoms with Crippen molar-refractivity contribution in [2.24, 2.45) is 7.05 Å². The molecule has 0 unspecified atom stereocenters. The number of hydrogen-bond acceptors (Lipinski definition) is 7. The van der Waals surface area contributed by atoms with Crippen LogP contribution in [-0.2, 0) is 11.8 Å². The molecular weight excluding hydrogens is 406 g/mol. The van der Waals surface area contributed by atoms with Gasteiger partial charge in [-0.15, -0.1) is 10.2 Å². The van der Waals surface area contributed by atoms with E-state index < -0.39 is 11.9 Å². The van der Waals surface area contributed by atoms with Gasteiger partial charge in [0.2, 0.25) is 12.7 Å². The highest BCUT2D eigenvalue weighted by atomic mass is 32.2. The number of nitrogens with zero attached hydrogens (tertiary/aromatic N) is 3. The Hall–Kier alpha value is -3.53. The second-order valence-electron chi connectivity index (χ2n) is 6.54. The molecule has 2 N–H and O–H groups in total. The molecule has 30 heavy (non-hydrogen) atoms. The van der Waals surface area contributed by atoms with E-state index in [4.69, 9.17) is 9.47 Å². The molecule has 9 nitrogen and oxygen atoms in total. The predicted octanol–water partition coefficient (Wildman–Crippen LogP) is 2.96. The number of hydrogen-bond donors (Lipinski definition) is 2. The average molecular weight is 425 g/mol. The summed E-state index contributed by atoms with van der Waals surface area (Å²) in [6, 6.07) is 12.2. The second-order valence-corrected chi connectivity index (χ2v) is 7.48. The van der Waals surface area contributed by atoms with Gasteiger partial charge in [0.05, 0.1) is 5.75 Å². The molecule has 2 aromatic carbocycles. The van der Waals surface area contributed by atoms with Gasteiger partial charge in [0.1, 0.15) is 0 Å². The van der Waals surface area contributed by atoms with Crippen molar-refractivity contribution in [2.75, 3.05) is 17.9 Å². The number of anilines is 1. The topological polar surface area (TPSA) is 107 Å². The largest absolute Gasteiger partial charge is 0.454 e. The van der Waals surface area contributed by atoms with Crippen molar-refractivity contribution in [1.29, 1.82) is 0 Å². The normalized spacial score (nSPS) is 11.9. The molecule has 1 aliphatic heterocycles. The van der Waals surface area contributed by atoms with E-state index in [1.807, 2.05) is 42.8 Å². The van der Waals surface area contributed by atoms with Gasteiger partial charge in [-0.05, 0) is 24.6 Å². The molecule has 4 rings (SSSR count). The van der Waals surface area contributed by atoms with Crippen LogP contribution in [0.3, 0.4) is 0 Å². The molecule has 10 heteroatoms. The zero-order chi connectivity index (χ0) is 21.1. The molecular formula is C20H19N5O4S. The standard InChI is InChI=1S/C20H19N5O4S/c1-12-5-3-4-6-14(12)18-23-24-20(25(18)2)30-10-17(26)22-19(27)21-13-7-8-15-16(9-13)29-11-28-15/h3-9H,10-11H2,1-2H3,(H2,21,22,26,27). The van der Waals surface area contributed by atoms with Gasteiger partial charge in [0.15, 0.2) is 22.5 Å². The first-order valence-electron chi connectivity index (χ1n) is 9.10. The van der Waals surface area contributed by atoms with Crippen molar-refractivity contribution in [2.45, 2.75) is 12.1 Å². The van der Waals surface area contributed by atoms with Crippen LogP contribution in [0.1, 0.15) is 5.56 Å². The summed E-state index contributed by atoms with van der Waals surface area (Å²) in [4.78, 5) is 24.2. The summed E-state index contributed by atoms with van der Waals surface area (Å²) < 4.78 is 12.3. The first-order valence-corrected chi connectivity index (χ1v) is 10.1. The molecule has 0 radical (unpaired) electrons. The van der Waals surface area contributed by atoms with Gasteiger partial charge in [-0.1, -0.05) is 36.0 Å². The maximum atomic E-state index is 12.2. The number of ether oxygens (including phenoxy) is 2. The zero-order valence-electron chi connectivity index (χ0n) is 16.3. The minimum Gasteiger partial charge on any atom is -0.454 e. The molecule has 0 aliphatic carbocycles. The van der Waals surface area contributed by atoms with E-state index in [2.05, 4.69) is 20.8 Å². The van der Waals surface area contributed by atoms with Crippen LogP contribution < -0.4 is 20.1 Å². The van der Waals surface area contributed by atoms with Crippen LogP contribution in [0.4, 0.5) is 10.5 Å². The van der Waals surface area contributed by atoms with Crippen molar-refractivity contribution in [3.8, 4) is 22.9 Å². The summed E-state index contributed by atoms with van der Waals surface area (Å²) in [7, 11) is 1.84. The minimum atomic E-state index is -0.627. The number of thioether (sulfide) groups is 1. The highest BCUT2D eigenvalue weighted by molar-refractivity contribution is 7.99. The molecule has 3 amide bonds. The number of aryl methyl sites for hydroxylation is 1. The van der Waals surface area contributed by atoms with Crippen LogP contribution in [0.2, 0.25) is 0 Å². The monoisotopic (exact) mass is 425 g/mol. The van der Waals surface area contributed by atoms with Gasteiger partial charge < -0.3 is 19.4 Å². The van der Waals surface area contributed by atoms with E-state index in [9.17, 15) is 9.59 Å². The van der Waals surface area contributed by atoms with E-state index in [0.29, 0.717) is 22.3 Å². The second kappa shape index (κ2) is 8.46. The number of urea groups is 1. The lowest BCUT2D eigenvalue weighted by Gasteiger charge is -2.08. The Kier molecular flexibility index (Phi) is 5.57. The van der Waals surface area contributed by atoms with Crippen LogP contribution in [0.5, 0.6) is 11.5 Å². The molecule has 0 spiro atoms. The summed E-state index contributed by atoms with van der Waals surface area (Å²) in [5.74, 6) is 1.45. The molecule has 1 aromatic heterocycles. The number of rotatable bonds is 5. The average Bonchev–Trinajstić information content (AvgIpc) is 3.33. The number of aromatic nitrogens is 3. The van der Waals surface area contributed by atoms with Crippen LogP contribution >= 0.6 is 11.8 Å². The highest BCUT2D eigenvalue weighted by Crippen LogP contribution is 2.34. The van der Waals surface area contributed by atoms with Crippen LogP contribution in [-0.4, -0.2) is 39.2 Å². The fraction of sp³-hybridized carbons (Fsp3) is 0.200. The Labute approximate surface area is 176 Å². The first-order chi connectivity index (χ1) is 14.5. The predicted molar refractivity (Wildman–Crippen MR) is 112 cm³/mol. The fourth-order valence-electron chi connectivity index (χ4n) is 2.93. The lowest BCUT2D eigenvalue weighted by atomic mass is 10.1. The minimum absolute atomic E-state index is 0.0221. The van der Waals surface area contributed by atoms with E-state index in [1.165, 1.54) is 11.8 Å². The van der Waals surface area contributed by atoms with Crippen molar-refractivity contribution in [1.82, 2.24) is 20.1 Å². The number of carbonyl (C=O) groups excluding carboxylic acids is 2. The van der Waals surface area contributed by atoms with Gasteiger partial charge in [0, 0.05) is 24.4 Å². The highest BCUT2D eigenvalue weighted by Gasteiger charge is 2.17. The molecule has 0 fully saturated rings. The Morgan fingerprint density at radius 2 is 1.93 bits per heavy atom. The van der Waals surface area contributed by atoms with Crippen LogP contribution in [0, 0.1) is 6.92 Å². The van der Waals surface area contributed by atoms with E-state index in [-0.39, 0.29) is 12.5 Å². The lowest BCUT2D eigenvalue weighted by molar-refractivity contribution is -0.117. The van der Waals surface area contributed by atoms with Crippen LogP contribution in [0.25, 0.3) is 11.4 Å². The first kappa shape index (κ1) is 19.8. The molecule has 3 aromatic rings. The lowest BCUT2D eigenvalue weighted by Crippen LogP contribution is -2.35. The Morgan fingerprint density at radius 1 is 1.13 bits per heavy atom. The Morgan fingerprint density at radius 3 is 2.77 bits per heavy atom. The summed E-state index contributed by atoms with van der Waals surface area (Å²) in [6.07, 6.45) is 0. The molecule has 154 valence electrons. The number of amides is 3.